The van der Waals surface area contributed by atoms with Crippen LogP contribution in [-0.2, 0) is 6.42 Å². The van der Waals surface area contributed by atoms with Crippen LogP contribution in [0.2, 0.25) is 0 Å². The molecule has 0 unspecified atom stereocenters. The highest BCUT2D eigenvalue weighted by atomic mass is 32.1. The normalized spacial score (nSPS) is 16.6. The third-order valence-electron chi connectivity index (χ3n) is 3.73. The smallest absolute Gasteiger partial charge is 0.0912 e. The Kier molecular flexibility index (Phi) is 5.48. The molecule has 0 radical (unpaired) electrons. The molecule has 1 aliphatic rings. The van der Waals surface area contributed by atoms with Crippen molar-refractivity contribution in [1.29, 1.82) is 0 Å². The molecule has 1 heterocycles. The van der Waals surface area contributed by atoms with Crippen LogP contribution in [0, 0.1) is 5.92 Å². The van der Waals surface area contributed by atoms with Gasteiger partial charge in [-0.15, -0.1) is 12.6 Å². The fourth-order valence-corrected chi connectivity index (χ4v) is 2.50. The van der Waals surface area contributed by atoms with Crippen LogP contribution in [0.4, 0.5) is 0 Å². The first-order chi connectivity index (χ1) is 9.65. The molecule has 2 nitrogen and oxygen atoms in total. The summed E-state index contributed by atoms with van der Waals surface area (Å²) in [6.07, 6.45) is 5.50. The lowest BCUT2D eigenvalue weighted by atomic mass is 9.90. The van der Waals surface area contributed by atoms with Crippen molar-refractivity contribution >= 4 is 19.0 Å². The van der Waals surface area contributed by atoms with Gasteiger partial charge in [-0.3, -0.25) is 0 Å². The Morgan fingerprint density at radius 3 is 2.50 bits per heavy atom. The molecule has 1 aromatic carbocycles. The number of piperidine rings is 1. The van der Waals surface area contributed by atoms with Crippen molar-refractivity contribution in [3.8, 4) is 0 Å². The molecule has 106 valence electrons. The highest BCUT2D eigenvalue weighted by Gasteiger charge is 2.17. The van der Waals surface area contributed by atoms with Crippen molar-refractivity contribution in [1.82, 2.24) is 4.90 Å². The SMILES string of the molecule is C=C(S)C(=C)N=CN1CCC(Cc2ccccc2)CC1. The predicted octanol–water partition coefficient (Wildman–Crippen LogP) is 3.93. The zero-order valence-electron chi connectivity index (χ0n) is 11.8. The number of hydrogen-bond acceptors (Lipinski definition) is 2. The minimum absolute atomic E-state index is 0.625. The van der Waals surface area contributed by atoms with Crippen LogP contribution >= 0.6 is 12.6 Å². The molecule has 20 heavy (non-hydrogen) atoms. The summed E-state index contributed by atoms with van der Waals surface area (Å²) in [6.45, 7) is 9.64. The summed E-state index contributed by atoms with van der Waals surface area (Å²) in [5.41, 5.74) is 2.08. The Bertz CT molecular complexity index is 485. The van der Waals surface area contributed by atoms with E-state index in [1.54, 1.807) is 0 Å². The first kappa shape index (κ1) is 14.9. The van der Waals surface area contributed by atoms with Crippen molar-refractivity contribution in [3.05, 3.63) is 59.7 Å². The highest BCUT2D eigenvalue weighted by Crippen LogP contribution is 2.21. The van der Waals surface area contributed by atoms with Crippen LogP contribution in [-0.4, -0.2) is 24.3 Å². The van der Waals surface area contributed by atoms with Crippen molar-refractivity contribution in [2.75, 3.05) is 13.1 Å². The second-order valence-corrected chi connectivity index (χ2v) is 5.85. The van der Waals surface area contributed by atoms with Crippen LogP contribution in [0.1, 0.15) is 18.4 Å². The topological polar surface area (TPSA) is 15.6 Å². The van der Waals surface area contributed by atoms with Gasteiger partial charge in [-0.25, -0.2) is 4.99 Å². The molecule has 0 spiro atoms. The number of benzene rings is 1. The fourth-order valence-electron chi connectivity index (χ4n) is 2.45. The minimum Gasteiger partial charge on any atom is -0.363 e. The van der Waals surface area contributed by atoms with Gasteiger partial charge in [-0.2, -0.15) is 0 Å². The van der Waals surface area contributed by atoms with Crippen molar-refractivity contribution < 1.29 is 0 Å². The first-order valence-electron chi connectivity index (χ1n) is 7.04. The maximum absolute atomic E-state index is 4.29. The van der Waals surface area contributed by atoms with Gasteiger partial charge in [0, 0.05) is 18.0 Å². The summed E-state index contributed by atoms with van der Waals surface area (Å²) in [5.74, 6) is 0.782. The molecule has 0 N–H and O–H groups in total. The second kappa shape index (κ2) is 7.34. The molecular weight excluding hydrogens is 264 g/mol. The van der Waals surface area contributed by atoms with E-state index in [9.17, 15) is 0 Å². The third kappa shape index (κ3) is 4.57. The fraction of sp³-hybridized carbons (Fsp3) is 0.353. The molecule has 1 aromatic rings. The molecule has 2 rings (SSSR count). The van der Waals surface area contributed by atoms with Gasteiger partial charge >= 0.3 is 0 Å². The summed E-state index contributed by atoms with van der Waals surface area (Å²) in [4.78, 5) is 7.17. The van der Waals surface area contributed by atoms with Crippen LogP contribution in [0.5, 0.6) is 0 Å². The quantitative estimate of drug-likeness (QED) is 0.375. The Morgan fingerprint density at radius 2 is 1.90 bits per heavy atom. The van der Waals surface area contributed by atoms with Crippen LogP contribution in [0.15, 0.2) is 59.1 Å². The second-order valence-electron chi connectivity index (χ2n) is 5.31. The number of hydrogen-bond donors (Lipinski definition) is 1. The molecule has 1 aliphatic heterocycles. The monoisotopic (exact) mass is 286 g/mol. The van der Waals surface area contributed by atoms with E-state index in [2.05, 4.69) is 66.0 Å². The maximum Gasteiger partial charge on any atom is 0.0912 e. The van der Waals surface area contributed by atoms with Gasteiger partial charge in [-0.1, -0.05) is 43.5 Å². The zero-order valence-corrected chi connectivity index (χ0v) is 12.7. The average Bonchev–Trinajstić information content (AvgIpc) is 2.47. The number of rotatable bonds is 5. The number of thiol groups is 1. The lowest BCUT2D eigenvalue weighted by Crippen LogP contribution is -2.33. The molecule has 3 heteroatoms. The van der Waals surface area contributed by atoms with Gasteiger partial charge in [-0.05, 0) is 30.7 Å². The Labute approximate surface area is 127 Å². The number of nitrogens with zero attached hydrogens (tertiary/aromatic N) is 2. The molecule has 0 amide bonds. The van der Waals surface area contributed by atoms with E-state index in [4.69, 9.17) is 0 Å². The summed E-state index contributed by atoms with van der Waals surface area (Å²) in [7, 11) is 0. The molecule has 0 aliphatic carbocycles. The lowest BCUT2D eigenvalue weighted by Gasteiger charge is -2.30. The van der Waals surface area contributed by atoms with E-state index in [1.807, 2.05) is 6.34 Å². The largest absolute Gasteiger partial charge is 0.363 e. The van der Waals surface area contributed by atoms with Crippen molar-refractivity contribution in [3.63, 3.8) is 0 Å². The van der Waals surface area contributed by atoms with E-state index < -0.39 is 0 Å². The predicted molar refractivity (Wildman–Crippen MR) is 90.2 cm³/mol. The highest BCUT2D eigenvalue weighted by molar-refractivity contribution is 7.84. The lowest BCUT2D eigenvalue weighted by molar-refractivity contribution is 0.271. The van der Waals surface area contributed by atoms with Gasteiger partial charge in [0.25, 0.3) is 0 Å². The van der Waals surface area contributed by atoms with E-state index in [0.29, 0.717) is 10.6 Å². The Hall–Kier alpha value is -1.48. The standard InChI is InChI=1S/C17H22N2S/c1-14(15(2)20)18-13-19-10-8-17(9-11-19)12-16-6-4-3-5-7-16/h3-7,13,17,20H,1-2,8-12H2. The first-order valence-corrected chi connectivity index (χ1v) is 7.49. The number of likely N-dealkylation sites (tertiary alicyclic amines) is 1. The van der Waals surface area contributed by atoms with Gasteiger partial charge in [0.15, 0.2) is 0 Å². The molecule has 0 saturated carbocycles. The molecule has 0 atom stereocenters. The maximum atomic E-state index is 4.29. The summed E-state index contributed by atoms with van der Waals surface area (Å²) in [5, 5.41) is 0. The van der Waals surface area contributed by atoms with E-state index >= 15 is 0 Å². The van der Waals surface area contributed by atoms with Crippen molar-refractivity contribution in [2.24, 2.45) is 10.9 Å². The van der Waals surface area contributed by atoms with E-state index in [1.165, 1.54) is 24.8 Å². The zero-order chi connectivity index (χ0) is 14.4. The Morgan fingerprint density at radius 1 is 1.25 bits per heavy atom. The van der Waals surface area contributed by atoms with Crippen molar-refractivity contribution in [2.45, 2.75) is 19.3 Å². The van der Waals surface area contributed by atoms with Gasteiger partial charge in [0.1, 0.15) is 0 Å². The van der Waals surface area contributed by atoms with Crippen LogP contribution in [0.25, 0.3) is 0 Å². The van der Waals surface area contributed by atoms with Crippen LogP contribution in [0.3, 0.4) is 0 Å². The third-order valence-corrected chi connectivity index (χ3v) is 3.98. The van der Waals surface area contributed by atoms with Gasteiger partial charge in [0.05, 0.1) is 12.0 Å². The molecule has 1 saturated heterocycles. The summed E-state index contributed by atoms with van der Waals surface area (Å²) < 4.78 is 0. The average molecular weight is 286 g/mol. The summed E-state index contributed by atoms with van der Waals surface area (Å²) >= 11 is 4.13. The van der Waals surface area contributed by atoms with Gasteiger partial charge in [0.2, 0.25) is 0 Å². The summed E-state index contributed by atoms with van der Waals surface area (Å²) in [6, 6.07) is 10.7. The molecular formula is C17H22N2S. The molecule has 0 bridgehead atoms. The minimum atomic E-state index is 0.625. The van der Waals surface area contributed by atoms with E-state index in [-0.39, 0.29) is 0 Å². The molecule has 1 fully saturated rings. The number of aliphatic imine (C=N–C) groups is 1. The molecule has 0 aromatic heterocycles. The van der Waals surface area contributed by atoms with Gasteiger partial charge < -0.3 is 4.90 Å². The van der Waals surface area contributed by atoms with E-state index in [0.717, 1.165) is 19.0 Å². The van der Waals surface area contributed by atoms with Crippen LogP contribution < -0.4 is 0 Å². The Balaban J connectivity index is 1.78.